The minimum absolute atomic E-state index is 0.374. The summed E-state index contributed by atoms with van der Waals surface area (Å²) in [6.45, 7) is 0.938. The summed E-state index contributed by atoms with van der Waals surface area (Å²) in [6.07, 6.45) is 14.5. The lowest BCUT2D eigenvalue weighted by Gasteiger charge is -2.16. The largest absolute Gasteiger partial charge is 0.376 e. The summed E-state index contributed by atoms with van der Waals surface area (Å²) in [7, 11) is 3.58. The fourth-order valence-electron chi connectivity index (χ4n) is 1.09. The fraction of sp³-hybridized carbons (Fsp3) is 0.200. The van der Waals surface area contributed by atoms with Crippen LogP contribution in [0.5, 0.6) is 0 Å². The molecule has 0 aromatic heterocycles. The molecule has 0 aromatic rings. The highest BCUT2D eigenvalue weighted by Crippen LogP contribution is 2.33. The SMILES string of the molecule is C1=CCNC(SSC2C=CC=CN2)=C1. The molecule has 4 heteroatoms. The minimum Gasteiger partial charge on any atom is -0.376 e. The number of rotatable bonds is 3. The van der Waals surface area contributed by atoms with Crippen LogP contribution in [0.25, 0.3) is 0 Å². The first kappa shape index (κ1) is 9.80. The van der Waals surface area contributed by atoms with Crippen molar-refractivity contribution in [1.29, 1.82) is 0 Å². The van der Waals surface area contributed by atoms with Gasteiger partial charge in [-0.3, -0.25) is 0 Å². The van der Waals surface area contributed by atoms with Crippen LogP contribution in [0.3, 0.4) is 0 Å². The molecule has 0 aromatic carbocycles. The Morgan fingerprint density at radius 3 is 3.00 bits per heavy atom. The van der Waals surface area contributed by atoms with Gasteiger partial charge in [0.15, 0.2) is 0 Å². The van der Waals surface area contributed by atoms with E-state index in [9.17, 15) is 0 Å². The molecule has 0 bridgehead atoms. The number of nitrogens with one attached hydrogen (secondary N) is 2. The molecule has 0 amide bonds. The lowest BCUT2D eigenvalue weighted by molar-refractivity contribution is 0.917. The summed E-state index contributed by atoms with van der Waals surface area (Å²) in [4.78, 5) is 0. The van der Waals surface area contributed by atoms with Gasteiger partial charge in [-0.1, -0.05) is 35.1 Å². The zero-order valence-electron chi connectivity index (χ0n) is 7.64. The van der Waals surface area contributed by atoms with E-state index in [-0.39, 0.29) is 0 Å². The summed E-state index contributed by atoms with van der Waals surface area (Å²) in [6, 6.07) is 0. The Morgan fingerprint density at radius 1 is 1.29 bits per heavy atom. The number of hydrogen-bond donors (Lipinski definition) is 2. The first-order chi connectivity index (χ1) is 6.95. The molecule has 2 N–H and O–H groups in total. The maximum atomic E-state index is 3.31. The Labute approximate surface area is 92.0 Å². The van der Waals surface area contributed by atoms with Crippen LogP contribution in [0.4, 0.5) is 0 Å². The van der Waals surface area contributed by atoms with Crippen molar-refractivity contribution in [2.24, 2.45) is 0 Å². The van der Waals surface area contributed by atoms with Crippen LogP contribution >= 0.6 is 21.6 Å². The van der Waals surface area contributed by atoms with E-state index in [2.05, 4.69) is 41.0 Å². The Bertz CT molecular complexity index is 305. The molecule has 2 nitrogen and oxygen atoms in total. The topological polar surface area (TPSA) is 24.1 Å². The van der Waals surface area contributed by atoms with Gasteiger partial charge in [-0.05, 0) is 29.1 Å². The van der Waals surface area contributed by atoms with Gasteiger partial charge in [-0.25, -0.2) is 0 Å². The standard InChI is InChI=1S/C10H12N2S2/c1-3-7-11-9(5-1)13-14-10-6-2-4-8-12-10/h1-7,9,11-12H,8H2. The molecule has 2 rings (SSSR count). The lowest BCUT2D eigenvalue weighted by Crippen LogP contribution is -2.19. The second-order valence-corrected chi connectivity index (χ2v) is 5.23. The monoisotopic (exact) mass is 224 g/mol. The summed E-state index contributed by atoms with van der Waals surface area (Å²) >= 11 is 0. The number of allylic oxidation sites excluding steroid dienone is 4. The van der Waals surface area contributed by atoms with Gasteiger partial charge in [-0.15, -0.1) is 0 Å². The third-order valence-corrected chi connectivity index (χ3v) is 4.28. The van der Waals surface area contributed by atoms with Gasteiger partial charge in [0.2, 0.25) is 0 Å². The molecule has 2 aliphatic heterocycles. The first-order valence-corrected chi connectivity index (χ1v) is 6.70. The van der Waals surface area contributed by atoms with E-state index in [0.29, 0.717) is 5.37 Å². The third-order valence-electron chi connectivity index (χ3n) is 1.77. The van der Waals surface area contributed by atoms with E-state index in [0.717, 1.165) is 6.54 Å². The van der Waals surface area contributed by atoms with Crippen LogP contribution in [0.15, 0.2) is 47.7 Å². The highest BCUT2D eigenvalue weighted by molar-refractivity contribution is 8.78. The summed E-state index contributed by atoms with van der Waals surface area (Å²) < 4.78 is 0. The van der Waals surface area contributed by atoms with Crippen molar-refractivity contribution >= 4 is 21.6 Å². The van der Waals surface area contributed by atoms with Crippen molar-refractivity contribution < 1.29 is 0 Å². The molecular weight excluding hydrogens is 212 g/mol. The summed E-state index contributed by atoms with van der Waals surface area (Å²) in [5.41, 5.74) is 0. The van der Waals surface area contributed by atoms with E-state index >= 15 is 0 Å². The maximum Gasteiger partial charge on any atom is 0.101 e. The van der Waals surface area contributed by atoms with Gasteiger partial charge in [0, 0.05) is 6.54 Å². The predicted molar refractivity (Wildman–Crippen MR) is 65.6 cm³/mol. The summed E-state index contributed by atoms with van der Waals surface area (Å²) in [5.74, 6) is 0. The quantitative estimate of drug-likeness (QED) is 0.719. The van der Waals surface area contributed by atoms with Crippen molar-refractivity contribution in [3.05, 3.63) is 47.7 Å². The van der Waals surface area contributed by atoms with Crippen LogP contribution in [0.2, 0.25) is 0 Å². The van der Waals surface area contributed by atoms with Crippen molar-refractivity contribution in [2.45, 2.75) is 5.37 Å². The molecule has 1 atom stereocenters. The van der Waals surface area contributed by atoms with Crippen LogP contribution < -0.4 is 10.6 Å². The lowest BCUT2D eigenvalue weighted by atomic mass is 10.4. The molecular formula is C10H12N2S2. The second kappa shape index (κ2) is 5.22. The zero-order chi connectivity index (χ0) is 9.64. The number of hydrogen-bond acceptors (Lipinski definition) is 4. The van der Waals surface area contributed by atoms with Crippen molar-refractivity contribution in [3.8, 4) is 0 Å². The Kier molecular flexibility index (Phi) is 3.65. The van der Waals surface area contributed by atoms with Crippen LogP contribution in [-0.2, 0) is 0 Å². The molecule has 2 aliphatic rings. The van der Waals surface area contributed by atoms with Gasteiger partial charge in [0.25, 0.3) is 0 Å². The zero-order valence-corrected chi connectivity index (χ0v) is 9.28. The van der Waals surface area contributed by atoms with Gasteiger partial charge < -0.3 is 10.6 Å². The highest BCUT2D eigenvalue weighted by atomic mass is 33.1. The summed E-state index contributed by atoms with van der Waals surface area (Å²) in [5, 5.41) is 8.16. The Morgan fingerprint density at radius 2 is 2.29 bits per heavy atom. The predicted octanol–water partition coefficient (Wildman–Crippen LogP) is 2.37. The van der Waals surface area contributed by atoms with Gasteiger partial charge in [0.1, 0.15) is 5.37 Å². The fourth-order valence-corrected chi connectivity index (χ4v) is 3.19. The Hall–Kier alpha value is -0.740. The van der Waals surface area contributed by atoms with E-state index in [4.69, 9.17) is 0 Å². The number of dihydropyridines is 2. The minimum atomic E-state index is 0.374. The molecule has 0 radical (unpaired) electrons. The second-order valence-electron chi connectivity index (χ2n) is 2.85. The smallest absolute Gasteiger partial charge is 0.101 e. The van der Waals surface area contributed by atoms with E-state index < -0.39 is 0 Å². The van der Waals surface area contributed by atoms with E-state index in [1.54, 1.807) is 21.6 Å². The molecule has 0 saturated heterocycles. The van der Waals surface area contributed by atoms with Crippen LogP contribution in [0.1, 0.15) is 0 Å². The average molecular weight is 224 g/mol. The maximum absolute atomic E-state index is 3.31. The molecule has 0 fully saturated rings. The first-order valence-electron chi connectivity index (χ1n) is 4.48. The van der Waals surface area contributed by atoms with Crippen molar-refractivity contribution in [2.75, 3.05) is 6.54 Å². The molecule has 0 saturated carbocycles. The Balaban J connectivity index is 1.76. The van der Waals surface area contributed by atoms with Crippen molar-refractivity contribution in [1.82, 2.24) is 10.6 Å². The molecule has 0 spiro atoms. The van der Waals surface area contributed by atoms with E-state index in [1.807, 2.05) is 12.3 Å². The molecule has 1 unspecified atom stereocenters. The molecule has 74 valence electrons. The van der Waals surface area contributed by atoms with Crippen LogP contribution in [-0.4, -0.2) is 11.9 Å². The van der Waals surface area contributed by atoms with Crippen molar-refractivity contribution in [3.63, 3.8) is 0 Å². The molecule has 14 heavy (non-hydrogen) atoms. The third kappa shape index (κ3) is 2.89. The average Bonchev–Trinajstić information content (AvgIpc) is 2.29. The van der Waals surface area contributed by atoms with Gasteiger partial charge >= 0.3 is 0 Å². The van der Waals surface area contributed by atoms with Gasteiger partial charge in [-0.2, -0.15) is 0 Å². The normalized spacial score (nSPS) is 24.0. The molecule has 0 aliphatic carbocycles. The molecule has 2 heterocycles. The van der Waals surface area contributed by atoms with Crippen LogP contribution in [0, 0.1) is 0 Å². The van der Waals surface area contributed by atoms with Gasteiger partial charge in [0.05, 0.1) is 5.03 Å². The van der Waals surface area contributed by atoms with E-state index in [1.165, 1.54) is 5.03 Å². The highest BCUT2D eigenvalue weighted by Gasteiger charge is 2.07.